The normalized spacial score (nSPS) is 16.9. The number of likely N-dealkylation sites (tertiary alicyclic amines) is 1. The van der Waals surface area contributed by atoms with Crippen molar-refractivity contribution in [3.63, 3.8) is 0 Å². The zero-order chi connectivity index (χ0) is 23.4. The van der Waals surface area contributed by atoms with Crippen molar-refractivity contribution >= 4 is 23.3 Å². The van der Waals surface area contributed by atoms with Gasteiger partial charge in [0.05, 0.1) is 12.2 Å². The van der Waals surface area contributed by atoms with Crippen molar-refractivity contribution < 1.29 is 14.3 Å². The van der Waals surface area contributed by atoms with E-state index in [0.717, 1.165) is 55.8 Å². The minimum Gasteiger partial charge on any atom is -0.444 e. The lowest BCUT2D eigenvalue weighted by molar-refractivity contribution is -0.119. The summed E-state index contributed by atoms with van der Waals surface area (Å²) in [5.41, 5.74) is 5.47. The van der Waals surface area contributed by atoms with Crippen LogP contribution < -0.4 is 9.80 Å². The topological polar surface area (TPSA) is 53.1 Å². The summed E-state index contributed by atoms with van der Waals surface area (Å²) in [5, 5.41) is 0. The van der Waals surface area contributed by atoms with E-state index < -0.39 is 0 Å². The van der Waals surface area contributed by atoms with Gasteiger partial charge in [-0.1, -0.05) is 29.8 Å². The van der Waals surface area contributed by atoms with Crippen LogP contribution in [0.3, 0.4) is 0 Å². The van der Waals surface area contributed by atoms with Crippen LogP contribution in [0.4, 0.5) is 16.2 Å². The Morgan fingerprint density at radius 3 is 2.42 bits per heavy atom. The quantitative estimate of drug-likeness (QED) is 0.591. The van der Waals surface area contributed by atoms with E-state index >= 15 is 0 Å². The number of hydrogen-bond donors (Lipinski definition) is 0. The number of carbonyl (C=O) groups is 2. The van der Waals surface area contributed by atoms with Gasteiger partial charge in [-0.2, -0.15) is 0 Å². The van der Waals surface area contributed by atoms with E-state index in [0.29, 0.717) is 19.6 Å². The first-order valence-electron chi connectivity index (χ1n) is 12.1. The van der Waals surface area contributed by atoms with Gasteiger partial charge in [-0.25, -0.2) is 4.79 Å². The number of Topliss-reactive ketones (excluding diaryl/α,β-unsaturated/α-hetero) is 1. The van der Waals surface area contributed by atoms with E-state index in [1.54, 1.807) is 0 Å². The van der Waals surface area contributed by atoms with Gasteiger partial charge in [0.25, 0.3) is 0 Å². The number of cyclic esters (lactones) is 1. The predicted octanol–water partition coefficient (Wildman–Crippen LogP) is 4.57. The Balaban J connectivity index is 1.30. The van der Waals surface area contributed by atoms with Crippen LogP contribution in [0.2, 0.25) is 0 Å². The third-order valence-electron chi connectivity index (χ3n) is 6.83. The molecule has 2 aliphatic heterocycles. The number of fused-ring (bicyclic) bond motifs is 1. The molecule has 0 N–H and O–H groups in total. The molecule has 0 saturated carbocycles. The largest absolute Gasteiger partial charge is 0.444 e. The number of ketones is 1. The van der Waals surface area contributed by atoms with E-state index in [-0.39, 0.29) is 17.9 Å². The number of anilines is 2. The zero-order valence-electron chi connectivity index (χ0n) is 20.0. The van der Waals surface area contributed by atoms with Gasteiger partial charge in [0.1, 0.15) is 6.61 Å². The second-order valence-electron chi connectivity index (χ2n) is 9.12. The highest BCUT2D eigenvalue weighted by Crippen LogP contribution is 2.32. The second kappa shape index (κ2) is 10.4. The molecule has 0 aromatic heterocycles. The van der Waals surface area contributed by atoms with Crippen LogP contribution in [0.1, 0.15) is 43.4 Å². The van der Waals surface area contributed by atoms with Gasteiger partial charge < -0.3 is 9.64 Å². The van der Waals surface area contributed by atoms with E-state index in [1.165, 1.54) is 11.3 Å². The van der Waals surface area contributed by atoms with Crippen molar-refractivity contribution in [2.45, 2.75) is 52.7 Å². The maximum absolute atomic E-state index is 12.7. The van der Waals surface area contributed by atoms with Gasteiger partial charge in [-0.05, 0) is 57.4 Å². The number of hydrogen-bond acceptors (Lipinski definition) is 5. The van der Waals surface area contributed by atoms with Crippen LogP contribution in [0.25, 0.3) is 0 Å². The Morgan fingerprint density at radius 1 is 1.06 bits per heavy atom. The zero-order valence-corrected chi connectivity index (χ0v) is 20.0. The molecule has 1 saturated heterocycles. The second-order valence-corrected chi connectivity index (χ2v) is 9.12. The Morgan fingerprint density at radius 2 is 1.76 bits per heavy atom. The summed E-state index contributed by atoms with van der Waals surface area (Å²) in [4.78, 5) is 31.6. The van der Waals surface area contributed by atoms with Gasteiger partial charge >= 0.3 is 6.09 Å². The van der Waals surface area contributed by atoms with E-state index in [9.17, 15) is 9.59 Å². The summed E-state index contributed by atoms with van der Waals surface area (Å²) in [6.45, 7) is 10.7. The average Bonchev–Trinajstić information content (AvgIpc) is 2.82. The summed E-state index contributed by atoms with van der Waals surface area (Å²) in [7, 11) is 0. The predicted molar refractivity (Wildman–Crippen MR) is 132 cm³/mol. The highest BCUT2D eigenvalue weighted by Gasteiger charge is 2.34. The van der Waals surface area contributed by atoms with E-state index in [2.05, 4.69) is 60.9 Å². The fourth-order valence-electron chi connectivity index (χ4n) is 5.00. The molecule has 0 atom stereocenters. The SMILES string of the molecule is CCN(CC)c1ccc(CC(=O)CN2CCC(N3C(=O)OCc4cc(C)ccc43)CC2)cc1. The summed E-state index contributed by atoms with van der Waals surface area (Å²) in [6, 6.07) is 14.6. The molecule has 0 aliphatic carbocycles. The molecule has 176 valence electrons. The Labute approximate surface area is 197 Å². The number of nitrogens with zero attached hydrogens (tertiary/aromatic N) is 3. The molecule has 0 bridgehead atoms. The molecular formula is C27H35N3O3. The number of aryl methyl sites for hydroxylation is 1. The fraction of sp³-hybridized carbons (Fsp3) is 0.481. The molecule has 33 heavy (non-hydrogen) atoms. The number of carbonyl (C=O) groups excluding carboxylic acids is 2. The molecule has 0 unspecified atom stereocenters. The van der Waals surface area contributed by atoms with Crippen molar-refractivity contribution in [1.29, 1.82) is 0 Å². The maximum atomic E-state index is 12.7. The van der Waals surface area contributed by atoms with Crippen LogP contribution in [-0.2, 0) is 22.6 Å². The van der Waals surface area contributed by atoms with Crippen LogP contribution in [-0.4, -0.2) is 55.5 Å². The molecule has 1 amide bonds. The van der Waals surface area contributed by atoms with E-state index in [4.69, 9.17) is 4.74 Å². The summed E-state index contributed by atoms with van der Waals surface area (Å²) >= 11 is 0. The minimum absolute atomic E-state index is 0.109. The Bertz CT molecular complexity index is 977. The van der Waals surface area contributed by atoms with Crippen LogP contribution in [0.15, 0.2) is 42.5 Å². The van der Waals surface area contributed by atoms with Crippen molar-refractivity contribution in [1.82, 2.24) is 4.90 Å². The highest BCUT2D eigenvalue weighted by molar-refractivity contribution is 5.91. The standard InChI is InChI=1S/C27H35N3O3/c1-4-29(5-2)23-9-7-21(8-10-23)17-25(31)18-28-14-12-24(13-15-28)30-26-11-6-20(3)16-22(26)19-33-27(30)32/h6-11,16,24H,4-5,12-15,17-19H2,1-3H3. The number of benzene rings is 2. The third-order valence-corrected chi connectivity index (χ3v) is 6.83. The molecule has 2 aromatic carbocycles. The first-order valence-corrected chi connectivity index (χ1v) is 12.1. The number of ether oxygens (including phenoxy) is 1. The molecule has 1 fully saturated rings. The number of piperidine rings is 1. The molecule has 6 heteroatoms. The highest BCUT2D eigenvalue weighted by atomic mass is 16.6. The monoisotopic (exact) mass is 449 g/mol. The molecule has 4 rings (SSSR count). The lowest BCUT2D eigenvalue weighted by atomic mass is 9.99. The van der Waals surface area contributed by atoms with Gasteiger partial charge in [0, 0.05) is 49.9 Å². The molecule has 6 nitrogen and oxygen atoms in total. The number of rotatable bonds is 8. The van der Waals surface area contributed by atoms with Gasteiger partial charge in [0.2, 0.25) is 0 Å². The lowest BCUT2D eigenvalue weighted by Crippen LogP contribution is -2.50. The summed E-state index contributed by atoms with van der Waals surface area (Å²) in [5.74, 6) is 0.238. The fourth-order valence-corrected chi connectivity index (χ4v) is 5.00. The van der Waals surface area contributed by atoms with E-state index in [1.807, 2.05) is 17.0 Å². The average molecular weight is 450 g/mol. The lowest BCUT2D eigenvalue weighted by Gasteiger charge is -2.40. The van der Waals surface area contributed by atoms with Crippen molar-refractivity contribution in [2.75, 3.05) is 42.5 Å². The first-order chi connectivity index (χ1) is 16.0. The molecule has 2 aromatic rings. The summed E-state index contributed by atoms with van der Waals surface area (Å²) in [6.07, 6.45) is 1.89. The third kappa shape index (κ3) is 5.38. The molecular weight excluding hydrogens is 414 g/mol. The van der Waals surface area contributed by atoms with Crippen LogP contribution >= 0.6 is 0 Å². The molecule has 2 heterocycles. The van der Waals surface area contributed by atoms with Crippen LogP contribution in [0, 0.1) is 6.92 Å². The van der Waals surface area contributed by atoms with Crippen LogP contribution in [0.5, 0.6) is 0 Å². The minimum atomic E-state index is -0.256. The van der Waals surface area contributed by atoms with Gasteiger partial charge in [-0.3, -0.25) is 14.6 Å². The molecule has 0 spiro atoms. The Kier molecular flexibility index (Phi) is 7.33. The molecule has 0 radical (unpaired) electrons. The van der Waals surface area contributed by atoms with Crippen molar-refractivity contribution in [3.05, 3.63) is 59.2 Å². The maximum Gasteiger partial charge on any atom is 0.414 e. The number of amides is 1. The smallest absolute Gasteiger partial charge is 0.414 e. The van der Waals surface area contributed by atoms with Gasteiger partial charge in [-0.15, -0.1) is 0 Å². The summed E-state index contributed by atoms with van der Waals surface area (Å²) < 4.78 is 5.44. The van der Waals surface area contributed by atoms with Crippen molar-refractivity contribution in [3.8, 4) is 0 Å². The van der Waals surface area contributed by atoms with Crippen molar-refractivity contribution in [2.24, 2.45) is 0 Å². The first kappa shape index (κ1) is 23.3. The molecule has 2 aliphatic rings. The van der Waals surface area contributed by atoms with Gasteiger partial charge in [0.15, 0.2) is 5.78 Å². The Hall–Kier alpha value is -2.86.